The lowest BCUT2D eigenvalue weighted by atomic mass is 10.2. The molecule has 3 N–H and O–H groups in total. The fraction of sp³-hybridized carbons (Fsp3) is 0.615. The van der Waals surface area contributed by atoms with Crippen molar-refractivity contribution in [2.45, 2.75) is 32.2 Å². The second-order valence-corrected chi connectivity index (χ2v) is 5.08. The number of hydrogen-bond acceptors (Lipinski definition) is 6. The van der Waals surface area contributed by atoms with Gasteiger partial charge < -0.3 is 20.3 Å². The highest BCUT2D eigenvalue weighted by Crippen LogP contribution is 2.26. The second kappa shape index (κ2) is 5.62. The fourth-order valence-electron chi connectivity index (χ4n) is 2.63. The molecule has 0 spiro atoms. The van der Waals surface area contributed by atoms with Gasteiger partial charge in [-0.3, -0.25) is 0 Å². The molecule has 0 saturated carbocycles. The first-order chi connectivity index (χ1) is 9.83. The maximum Gasteiger partial charge on any atom is 0.205 e. The van der Waals surface area contributed by atoms with E-state index in [1.807, 2.05) is 0 Å². The van der Waals surface area contributed by atoms with Crippen LogP contribution in [0.25, 0.3) is 11.2 Å². The first-order valence-corrected chi connectivity index (χ1v) is 7.15. The maximum absolute atomic E-state index is 9.42. The summed E-state index contributed by atoms with van der Waals surface area (Å²) in [5.41, 5.74) is 1.50. The van der Waals surface area contributed by atoms with Crippen LogP contribution in [0.5, 0.6) is 0 Å². The first-order valence-electron chi connectivity index (χ1n) is 7.15. The van der Waals surface area contributed by atoms with Crippen LogP contribution in [0.2, 0.25) is 0 Å². The molecule has 1 atom stereocenters. The summed E-state index contributed by atoms with van der Waals surface area (Å²) in [4.78, 5) is 18.4. The molecule has 0 radical (unpaired) electrons. The Hall–Kier alpha value is -1.89. The Balaban J connectivity index is 1.93. The minimum absolute atomic E-state index is 0.149. The van der Waals surface area contributed by atoms with Crippen molar-refractivity contribution in [1.82, 2.24) is 19.9 Å². The van der Waals surface area contributed by atoms with Gasteiger partial charge in [-0.1, -0.05) is 6.92 Å². The molecule has 1 aliphatic heterocycles. The lowest BCUT2D eigenvalue weighted by Crippen LogP contribution is -2.32. The summed E-state index contributed by atoms with van der Waals surface area (Å²) in [5.74, 6) is 1.56. The quantitative estimate of drug-likeness (QED) is 0.758. The number of H-pyrrole nitrogens is 1. The predicted octanol–water partition coefficient (Wildman–Crippen LogP) is 1.14. The largest absolute Gasteiger partial charge is 0.394 e. The highest BCUT2D eigenvalue weighted by atomic mass is 16.3. The molecule has 20 heavy (non-hydrogen) atoms. The summed E-state index contributed by atoms with van der Waals surface area (Å²) in [6.45, 7) is 4.04. The number of aliphatic hydroxyl groups excluding tert-OH is 1. The molecule has 0 aromatic carbocycles. The molecule has 7 nitrogen and oxygen atoms in total. The van der Waals surface area contributed by atoms with Crippen LogP contribution >= 0.6 is 0 Å². The predicted molar refractivity (Wildman–Crippen MR) is 77.9 cm³/mol. The van der Waals surface area contributed by atoms with Crippen molar-refractivity contribution in [2.24, 2.45) is 0 Å². The van der Waals surface area contributed by atoms with E-state index in [0.717, 1.165) is 49.6 Å². The van der Waals surface area contributed by atoms with Crippen molar-refractivity contribution in [2.75, 3.05) is 29.9 Å². The average Bonchev–Trinajstić information content (AvgIpc) is 3.10. The smallest absolute Gasteiger partial charge is 0.205 e. The van der Waals surface area contributed by atoms with Crippen LogP contribution in [0.4, 0.5) is 11.8 Å². The van der Waals surface area contributed by atoms with Crippen LogP contribution in [-0.4, -0.2) is 50.8 Å². The Labute approximate surface area is 117 Å². The maximum atomic E-state index is 9.42. The number of fused-ring (bicyclic) bond motifs is 1. The molecule has 2 aromatic rings. The third-order valence-corrected chi connectivity index (χ3v) is 3.68. The van der Waals surface area contributed by atoms with Crippen molar-refractivity contribution in [3.8, 4) is 0 Å². The van der Waals surface area contributed by atoms with Crippen molar-refractivity contribution in [1.29, 1.82) is 0 Å². The highest BCUT2D eigenvalue weighted by Gasteiger charge is 2.26. The molecule has 3 heterocycles. The summed E-state index contributed by atoms with van der Waals surface area (Å²) in [7, 11) is 0. The molecule has 108 valence electrons. The number of nitrogens with zero attached hydrogens (tertiary/aromatic N) is 4. The van der Waals surface area contributed by atoms with Gasteiger partial charge in [-0.15, -0.1) is 0 Å². The minimum atomic E-state index is 0.149. The van der Waals surface area contributed by atoms with E-state index in [1.165, 1.54) is 6.33 Å². The molecule has 0 aliphatic carbocycles. The number of rotatable bonds is 5. The van der Waals surface area contributed by atoms with Gasteiger partial charge in [0.05, 0.1) is 12.6 Å². The Morgan fingerprint density at radius 2 is 2.40 bits per heavy atom. The van der Waals surface area contributed by atoms with Gasteiger partial charge in [-0.2, -0.15) is 4.98 Å². The van der Waals surface area contributed by atoms with E-state index in [-0.39, 0.29) is 12.6 Å². The van der Waals surface area contributed by atoms with E-state index in [4.69, 9.17) is 0 Å². The van der Waals surface area contributed by atoms with E-state index in [1.54, 1.807) is 0 Å². The third-order valence-electron chi connectivity index (χ3n) is 3.68. The minimum Gasteiger partial charge on any atom is -0.394 e. The number of imidazole rings is 1. The second-order valence-electron chi connectivity index (χ2n) is 5.08. The van der Waals surface area contributed by atoms with E-state index in [9.17, 15) is 5.11 Å². The van der Waals surface area contributed by atoms with E-state index < -0.39 is 0 Å². The number of aromatic nitrogens is 4. The molecule has 2 aromatic heterocycles. The van der Waals surface area contributed by atoms with Gasteiger partial charge in [0.15, 0.2) is 11.5 Å². The zero-order chi connectivity index (χ0) is 13.9. The van der Waals surface area contributed by atoms with Gasteiger partial charge in [0.2, 0.25) is 5.95 Å². The molecule has 7 heteroatoms. The van der Waals surface area contributed by atoms with Gasteiger partial charge >= 0.3 is 0 Å². The molecule has 0 bridgehead atoms. The molecule has 1 fully saturated rings. The van der Waals surface area contributed by atoms with Crippen LogP contribution < -0.4 is 10.2 Å². The standard InChI is InChI=1S/C13H20N6O/c1-2-5-14-11-10-12(16-8-15-11)18-13(17-10)19-6-3-4-9(19)7-20/h8-9,20H,2-7H2,1H3,(H2,14,15,16,17,18). The van der Waals surface area contributed by atoms with E-state index >= 15 is 0 Å². The van der Waals surface area contributed by atoms with Crippen molar-refractivity contribution < 1.29 is 5.11 Å². The summed E-state index contributed by atoms with van der Waals surface area (Å²) in [6, 6.07) is 0.149. The highest BCUT2D eigenvalue weighted by molar-refractivity contribution is 5.84. The van der Waals surface area contributed by atoms with Gasteiger partial charge in [0, 0.05) is 13.1 Å². The SMILES string of the molecule is CCCNc1ncnc2nc(N3CCCC3CO)[nH]c12. The van der Waals surface area contributed by atoms with Crippen LogP contribution in [0.15, 0.2) is 6.33 Å². The molecule has 3 rings (SSSR count). The van der Waals surface area contributed by atoms with Crippen molar-refractivity contribution in [3.05, 3.63) is 6.33 Å². The van der Waals surface area contributed by atoms with Crippen molar-refractivity contribution in [3.63, 3.8) is 0 Å². The van der Waals surface area contributed by atoms with E-state index in [0.29, 0.717) is 5.65 Å². The van der Waals surface area contributed by atoms with Gasteiger partial charge in [-0.05, 0) is 19.3 Å². The first kappa shape index (κ1) is 13.1. The topological polar surface area (TPSA) is 90.0 Å². The summed E-state index contributed by atoms with van der Waals surface area (Å²) in [5, 5.41) is 12.7. The monoisotopic (exact) mass is 276 g/mol. The fourth-order valence-corrected chi connectivity index (χ4v) is 2.63. The lowest BCUT2D eigenvalue weighted by Gasteiger charge is -2.21. The zero-order valence-corrected chi connectivity index (χ0v) is 11.6. The van der Waals surface area contributed by atoms with E-state index in [2.05, 4.69) is 37.1 Å². The van der Waals surface area contributed by atoms with Crippen LogP contribution in [0.3, 0.4) is 0 Å². The summed E-state index contributed by atoms with van der Waals surface area (Å²) >= 11 is 0. The Morgan fingerprint density at radius 1 is 1.50 bits per heavy atom. The Bertz CT molecular complexity index is 583. The van der Waals surface area contributed by atoms with Crippen molar-refractivity contribution >= 4 is 22.9 Å². The Morgan fingerprint density at radius 3 is 3.20 bits per heavy atom. The van der Waals surface area contributed by atoms with Gasteiger partial charge in [0.25, 0.3) is 0 Å². The number of anilines is 2. The van der Waals surface area contributed by atoms with Gasteiger partial charge in [0.1, 0.15) is 11.8 Å². The number of hydrogen-bond donors (Lipinski definition) is 3. The number of aliphatic hydroxyl groups is 1. The zero-order valence-electron chi connectivity index (χ0n) is 11.6. The molecular formula is C13H20N6O. The normalized spacial score (nSPS) is 18.9. The lowest BCUT2D eigenvalue weighted by molar-refractivity contribution is 0.265. The van der Waals surface area contributed by atoms with Crippen LogP contribution in [0, 0.1) is 0 Å². The average molecular weight is 276 g/mol. The molecule has 1 unspecified atom stereocenters. The van der Waals surface area contributed by atoms with Crippen LogP contribution in [-0.2, 0) is 0 Å². The number of nitrogens with one attached hydrogen (secondary N) is 2. The number of aromatic amines is 1. The van der Waals surface area contributed by atoms with Crippen LogP contribution in [0.1, 0.15) is 26.2 Å². The summed E-state index contributed by atoms with van der Waals surface area (Å²) in [6.07, 6.45) is 4.64. The van der Waals surface area contributed by atoms with Gasteiger partial charge in [-0.25, -0.2) is 9.97 Å². The third kappa shape index (κ3) is 2.29. The molecule has 1 aliphatic rings. The molecule has 0 amide bonds. The Kier molecular flexibility index (Phi) is 3.68. The summed E-state index contributed by atoms with van der Waals surface area (Å²) < 4.78 is 0. The molecular weight excluding hydrogens is 256 g/mol. The molecule has 1 saturated heterocycles.